The van der Waals surface area contributed by atoms with Crippen molar-refractivity contribution in [3.05, 3.63) is 58.6 Å². The third-order valence-corrected chi connectivity index (χ3v) is 4.66. The van der Waals surface area contributed by atoms with Gasteiger partial charge in [-0.25, -0.2) is 0 Å². The molecule has 0 bridgehead atoms. The molecule has 0 spiro atoms. The number of rotatable bonds is 5. The largest absolute Gasteiger partial charge is 0.316 e. The number of nitrogens with one attached hydrogen (secondary N) is 1. The highest BCUT2D eigenvalue weighted by atomic mass is 35.5. The van der Waals surface area contributed by atoms with E-state index in [1.807, 2.05) is 13.1 Å². The smallest absolute Gasteiger partial charge is 0.0457 e. The molecule has 0 radical (unpaired) electrons. The Hall–Kier alpha value is -1.31. The minimum absolute atomic E-state index is 0.229. The van der Waals surface area contributed by atoms with Gasteiger partial charge in [0.25, 0.3) is 0 Å². The summed E-state index contributed by atoms with van der Waals surface area (Å²) in [5, 5.41) is 3.95. The summed E-state index contributed by atoms with van der Waals surface area (Å²) in [5.41, 5.74) is 5.12. The summed E-state index contributed by atoms with van der Waals surface area (Å²) in [5.74, 6) is 0. The van der Waals surface area contributed by atoms with E-state index < -0.39 is 0 Å². The van der Waals surface area contributed by atoms with E-state index in [2.05, 4.69) is 62.5 Å². The average molecular weight is 302 g/mol. The van der Waals surface area contributed by atoms with Crippen LogP contribution >= 0.6 is 11.6 Å². The van der Waals surface area contributed by atoms with Crippen molar-refractivity contribution in [3.8, 4) is 11.1 Å². The second-order valence-corrected chi connectivity index (χ2v) is 6.56. The maximum atomic E-state index is 6.34. The van der Waals surface area contributed by atoms with E-state index in [1.165, 1.54) is 16.7 Å². The molecule has 0 fully saturated rings. The van der Waals surface area contributed by atoms with Crippen molar-refractivity contribution in [1.82, 2.24) is 5.32 Å². The number of hydrogen-bond acceptors (Lipinski definition) is 1. The minimum Gasteiger partial charge on any atom is -0.316 e. The fraction of sp³-hybridized carbons (Fsp3) is 0.368. The van der Waals surface area contributed by atoms with Crippen LogP contribution in [0.2, 0.25) is 5.02 Å². The highest BCUT2D eigenvalue weighted by Crippen LogP contribution is 2.30. The zero-order valence-corrected chi connectivity index (χ0v) is 14.1. The van der Waals surface area contributed by atoms with Crippen LogP contribution in [0.15, 0.2) is 42.5 Å². The molecule has 2 aromatic carbocycles. The molecule has 0 saturated carbocycles. The molecule has 0 aliphatic heterocycles. The quantitative estimate of drug-likeness (QED) is 0.778. The van der Waals surface area contributed by atoms with Gasteiger partial charge in [-0.05, 0) is 47.2 Å². The van der Waals surface area contributed by atoms with Gasteiger partial charge in [0.2, 0.25) is 0 Å². The molecule has 112 valence electrons. The van der Waals surface area contributed by atoms with Crippen LogP contribution in [0.3, 0.4) is 0 Å². The SMILES string of the molecule is CCC(C)(C)c1ccc(-c2ccc(CNC)c(Cl)c2)cc1. The second kappa shape index (κ2) is 6.64. The summed E-state index contributed by atoms with van der Waals surface area (Å²) >= 11 is 6.34. The van der Waals surface area contributed by atoms with Gasteiger partial charge in [-0.15, -0.1) is 0 Å². The molecule has 0 aromatic heterocycles. The van der Waals surface area contributed by atoms with Gasteiger partial charge in [0.15, 0.2) is 0 Å². The van der Waals surface area contributed by atoms with Crippen molar-refractivity contribution in [1.29, 1.82) is 0 Å². The van der Waals surface area contributed by atoms with E-state index in [-0.39, 0.29) is 5.41 Å². The monoisotopic (exact) mass is 301 g/mol. The lowest BCUT2D eigenvalue weighted by molar-refractivity contribution is 0.506. The zero-order valence-electron chi connectivity index (χ0n) is 13.3. The molecular weight excluding hydrogens is 278 g/mol. The number of hydrogen-bond donors (Lipinski definition) is 1. The maximum absolute atomic E-state index is 6.34. The summed E-state index contributed by atoms with van der Waals surface area (Å²) in [6.45, 7) is 7.59. The van der Waals surface area contributed by atoms with Gasteiger partial charge >= 0.3 is 0 Å². The Morgan fingerprint density at radius 2 is 1.62 bits per heavy atom. The first-order valence-corrected chi connectivity index (χ1v) is 7.89. The minimum atomic E-state index is 0.229. The van der Waals surface area contributed by atoms with Crippen molar-refractivity contribution < 1.29 is 0 Å². The van der Waals surface area contributed by atoms with Crippen LogP contribution in [0.4, 0.5) is 0 Å². The Morgan fingerprint density at radius 1 is 1.00 bits per heavy atom. The van der Waals surface area contributed by atoms with E-state index in [1.54, 1.807) is 0 Å². The van der Waals surface area contributed by atoms with Crippen LogP contribution < -0.4 is 5.32 Å². The zero-order chi connectivity index (χ0) is 15.5. The van der Waals surface area contributed by atoms with Gasteiger partial charge in [-0.3, -0.25) is 0 Å². The highest BCUT2D eigenvalue weighted by molar-refractivity contribution is 6.31. The first kappa shape index (κ1) is 16.1. The van der Waals surface area contributed by atoms with Crippen LogP contribution in [0.5, 0.6) is 0 Å². The lowest BCUT2D eigenvalue weighted by atomic mass is 9.82. The Labute approximate surface area is 133 Å². The molecule has 0 saturated heterocycles. The molecular formula is C19H24ClN. The van der Waals surface area contributed by atoms with E-state index in [0.29, 0.717) is 0 Å². The Kier molecular flexibility index (Phi) is 5.08. The van der Waals surface area contributed by atoms with Gasteiger partial charge in [0.1, 0.15) is 0 Å². The van der Waals surface area contributed by atoms with Crippen LogP contribution in [0, 0.1) is 0 Å². The molecule has 0 atom stereocenters. The van der Waals surface area contributed by atoms with Crippen molar-refractivity contribution in [2.24, 2.45) is 0 Å². The first-order valence-electron chi connectivity index (χ1n) is 7.52. The summed E-state index contributed by atoms with van der Waals surface area (Å²) in [6.07, 6.45) is 1.14. The Bertz CT molecular complexity index is 599. The van der Waals surface area contributed by atoms with Gasteiger partial charge in [-0.1, -0.05) is 68.8 Å². The summed E-state index contributed by atoms with van der Waals surface area (Å²) in [7, 11) is 1.93. The van der Waals surface area contributed by atoms with Crippen molar-refractivity contribution >= 4 is 11.6 Å². The third-order valence-electron chi connectivity index (χ3n) is 4.30. The van der Waals surface area contributed by atoms with Crippen LogP contribution in [-0.2, 0) is 12.0 Å². The molecule has 0 aliphatic rings. The topological polar surface area (TPSA) is 12.0 Å². The average Bonchev–Trinajstić information content (AvgIpc) is 2.49. The standard InChI is InChI=1S/C19H24ClN/c1-5-19(2,3)17-10-8-14(9-11-17)15-6-7-16(13-21-4)18(20)12-15/h6-12,21H,5,13H2,1-4H3. The fourth-order valence-electron chi connectivity index (χ4n) is 2.38. The van der Waals surface area contributed by atoms with Gasteiger partial charge < -0.3 is 5.32 Å². The van der Waals surface area contributed by atoms with E-state index in [9.17, 15) is 0 Å². The molecule has 2 rings (SSSR count). The van der Waals surface area contributed by atoms with Crippen LogP contribution in [0.1, 0.15) is 38.3 Å². The fourth-order valence-corrected chi connectivity index (χ4v) is 2.63. The summed E-state index contributed by atoms with van der Waals surface area (Å²) in [4.78, 5) is 0. The van der Waals surface area contributed by atoms with E-state index in [4.69, 9.17) is 11.6 Å². The number of benzene rings is 2. The molecule has 1 nitrogen and oxygen atoms in total. The Balaban J connectivity index is 2.29. The van der Waals surface area contributed by atoms with Crippen molar-refractivity contribution in [2.45, 2.75) is 39.2 Å². The van der Waals surface area contributed by atoms with Gasteiger partial charge in [-0.2, -0.15) is 0 Å². The molecule has 0 amide bonds. The lowest BCUT2D eigenvalue weighted by Gasteiger charge is -2.23. The molecule has 21 heavy (non-hydrogen) atoms. The number of halogens is 1. The second-order valence-electron chi connectivity index (χ2n) is 6.15. The van der Waals surface area contributed by atoms with Crippen molar-refractivity contribution in [3.63, 3.8) is 0 Å². The Morgan fingerprint density at radius 3 is 2.14 bits per heavy atom. The maximum Gasteiger partial charge on any atom is 0.0457 e. The van der Waals surface area contributed by atoms with Crippen LogP contribution in [-0.4, -0.2) is 7.05 Å². The molecule has 0 aliphatic carbocycles. The highest BCUT2D eigenvalue weighted by Gasteiger charge is 2.17. The van der Waals surface area contributed by atoms with Gasteiger partial charge in [0.05, 0.1) is 0 Å². The molecule has 0 unspecified atom stereocenters. The molecule has 1 N–H and O–H groups in total. The summed E-state index contributed by atoms with van der Waals surface area (Å²) < 4.78 is 0. The molecule has 2 aromatic rings. The van der Waals surface area contributed by atoms with Gasteiger partial charge in [0, 0.05) is 11.6 Å². The predicted octanol–water partition coefficient (Wildman–Crippen LogP) is 5.41. The summed E-state index contributed by atoms with van der Waals surface area (Å²) in [6, 6.07) is 15.1. The predicted molar refractivity (Wildman–Crippen MR) is 93.0 cm³/mol. The molecule has 2 heteroatoms. The van der Waals surface area contributed by atoms with E-state index in [0.717, 1.165) is 23.6 Å². The van der Waals surface area contributed by atoms with Crippen molar-refractivity contribution in [2.75, 3.05) is 7.05 Å². The normalized spacial score (nSPS) is 11.7. The first-order chi connectivity index (χ1) is 9.97. The van der Waals surface area contributed by atoms with Crippen LogP contribution in [0.25, 0.3) is 11.1 Å². The third kappa shape index (κ3) is 3.66. The molecule has 0 heterocycles. The lowest BCUT2D eigenvalue weighted by Crippen LogP contribution is -2.14. The van der Waals surface area contributed by atoms with E-state index >= 15 is 0 Å².